The van der Waals surface area contributed by atoms with Crippen LogP contribution in [0.5, 0.6) is 0 Å². The highest BCUT2D eigenvalue weighted by Crippen LogP contribution is 2.29. The topological polar surface area (TPSA) is 60.2 Å². The fourth-order valence-electron chi connectivity index (χ4n) is 2.55. The second kappa shape index (κ2) is 6.83. The molecule has 5 nitrogen and oxygen atoms in total. The Kier molecular flexibility index (Phi) is 4.62. The highest BCUT2D eigenvalue weighted by Gasteiger charge is 2.26. The van der Waals surface area contributed by atoms with Gasteiger partial charge in [0.1, 0.15) is 12.1 Å². The second-order valence-corrected chi connectivity index (χ2v) is 5.28. The number of hydrogen-bond donors (Lipinski definition) is 1. The summed E-state index contributed by atoms with van der Waals surface area (Å²) in [7, 11) is 0. The van der Waals surface area contributed by atoms with Crippen molar-refractivity contribution in [2.24, 2.45) is 0 Å². The Hall–Kier alpha value is -1.72. The maximum atomic E-state index is 5.87. The van der Waals surface area contributed by atoms with Crippen LogP contribution in [0.3, 0.4) is 0 Å². The summed E-state index contributed by atoms with van der Waals surface area (Å²) >= 11 is 0. The molecule has 0 spiro atoms. The molecular weight excluding hydrogens is 266 g/mol. The highest BCUT2D eigenvalue weighted by atomic mass is 16.5. The van der Waals surface area contributed by atoms with Crippen molar-refractivity contribution in [1.82, 2.24) is 15.5 Å². The third-order valence-electron chi connectivity index (χ3n) is 3.64. The molecule has 0 saturated carbocycles. The zero-order valence-corrected chi connectivity index (χ0v) is 12.3. The zero-order valence-electron chi connectivity index (χ0n) is 12.3. The summed E-state index contributed by atoms with van der Waals surface area (Å²) in [5, 5.41) is 11.9. The Morgan fingerprint density at radius 3 is 2.86 bits per heavy atom. The van der Waals surface area contributed by atoms with E-state index in [4.69, 9.17) is 9.15 Å². The molecule has 112 valence electrons. The summed E-state index contributed by atoms with van der Waals surface area (Å²) in [5.41, 5.74) is 1.13. The lowest BCUT2D eigenvalue weighted by Crippen LogP contribution is -2.23. The van der Waals surface area contributed by atoms with Crippen molar-refractivity contribution in [3.05, 3.63) is 47.7 Å². The molecular formula is C16H21N3O2. The van der Waals surface area contributed by atoms with Gasteiger partial charge < -0.3 is 14.5 Å². The molecule has 1 aromatic heterocycles. The van der Waals surface area contributed by atoms with Gasteiger partial charge in [-0.2, -0.15) is 0 Å². The van der Waals surface area contributed by atoms with Gasteiger partial charge in [0.05, 0.1) is 0 Å². The molecule has 1 aliphatic rings. The first-order chi connectivity index (χ1) is 10.4. The van der Waals surface area contributed by atoms with Crippen LogP contribution in [0.15, 0.2) is 34.7 Å². The Bertz CT molecular complexity index is 550. The monoisotopic (exact) mass is 287 g/mol. The van der Waals surface area contributed by atoms with E-state index in [1.807, 2.05) is 18.2 Å². The fraction of sp³-hybridized carbons (Fsp3) is 0.500. The van der Waals surface area contributed by atoms with E-state index in [0.29, 0.717) is 11.8 Å². The average molecular weight is 287 g/mol. The molecule has 0 amide bonds. The van der Waals surface area contributed by atoms with Gasteiger partial charge in [-0.15, -0.1) is 10.2 Å². The number of hydrogen-bond acceptors (Lipinski definition) is 5. The van der Waals surface area contributed by atoms with E-state index in [-0.39, 0.29) is 12.1 Å². The maximum Gasteiger partial charge on any atom is 0.245 e. The van der Waals surface area contributed by atoms with Crippen LogP contribution in [0.1, 0.15) is 55.7 Å². The summed E-state index contributed by atoms with van der Waals surface area (Å²) in [6.45, 7) is 3.82. The van der Waals surface area contributed by atoms with Gasteiger partial charge in [0.25, 0.3) is 0 Å². The maximum absolute atomic E-state index is 5.87. The number of ether oxygens (including phenoxy) is 1. The van der Waals surface area contributed by atoms with E-state index in [9.17, 15) is 0 Å². The number of aromatic nitrogens is 2. The minimum Gasteiger partial charge on any atom is -0.420 e. The van der Waals surface area contributed by atoms with Gasteiger partial charge in [0, 0.05) is 6.61 Å². The SMILES string of the molecule is CCCNC(c1ccccc1)c1nnc(C2CCCO2)o1. The molecule has 2 heterocycles. The van der Waals surface area contributed by atoms with Gasteiger partial charge in [0.15, 0.2) is 0 Å². The van der Waals surface area contributed by atoms with Gasteiger partial charge in [-0.25, -0.2) is 0 Å². The van der Waals surface area contributed by atoms with Crippen molar-refractivity contribution in [3.8, 4) is 0 Å². The summed E-state index contributed by atoms with van der Waals surface area (Å²) < 4.78 is 11.5. The molecule has 21 heavy (non-hydrogen) atoms. The molecule has 3 rings (SSSR count). The lowest BCUT2D eigenvalue weighted by atomic mass is 10.1. The standard InChI is InChI=1S/C16H21N3O2/c1-2-10-17-14(12-7-4-3-5-8-12)16-19-18-15(21-16)13-9-6-11-20-13/h3-5,7-8,13-14,17H,2,6,9-11H2,1H3. The normalized spacial score (nSPS) is 19.8. The van der Waals surface area contributed by atoms with Crippen LogP contribution in [-0.2, 0) is 4.74 Å². The van der Waals surface area contributed by atoms with Gasteiger partial charge in [-0.05, 0) is 31.4 Å². The smallest absolute Gasteiger partial charge is 0.245 e. The van der Waals surface area contributed by atoms with Crippen LogP contribution in [-0.4, -0.2) is 23.3 Å². The lowest BCUT2D eigenvalue weighted by Gasteiger charge is -2.15. The van der Waals surface area contributed by atoms with E-state index in [0.717, 1.165) is 38.0 Å². The molecule has 0 radical (unpaired) electrons. The number of nitrogens with one attached hydrogen (secondary N) is 1. The highest BCUT2D eigenvalue weighted by molar-refractivity contribution is 5.23. The van der Waals surface area contributed by atoms with Crippen LogP contribution >= 0.6 is 0 Å². The third kappa shape index (κ3) is 3.31. The van der Waals surface area contributed by atoms with E-state index < -0.39 is 0 Å². The average Bonchev–Trinajstić information content (AvgIpc) is 3.20. The predicted molar refractivity (Wildman–Crippen MR) is 78.8 cm³/mol. The van der Waals surface area contributed by atoms with Crippen molar-refractivity contribution < 1.29 is 9.15 Å². The van der Waals surface area contributed by atoms with Crippen molar-refractivity contribution in [3.63, 3.8) is 0 Å². The minimum absolute atomic E-state index is 0.0335. The first-order valence-electron chi connectivity index (χ1n) is 7.61. The van der Waals surface area contributed by atoms with E-state index in [2.05, 4.69) is 34.6 Å². The molecule has 1 aromatic carbocycles. The molecule has 0 bridgehead atoms. The van der Waals surface area contributed by atoms with Gasteiger partial charge in [-0.1, -0.05) is 37.3 Å². The van der Waals surface area contributed by atoms with Crippen molar-refractivity contribution >= 4 is 0 Å². The summed E-state index contributed by atoms with van der Waals surface area (Å²) in [4.78, 5) is 0. The zero-order chi connectivity index (χ0) is 14.5. The van der Waals surface area contributed by atoms with Crippen molar-refractivity contribution in [2.45, 2.75) is 38.3 Å². The molecule has 0 aliphatic carbocycles. The summed E-state index contributed by atoms with van der Waals surface area (Å²) in [6.07, 6.45) is 3.03. The van der Waals surface area contributed by atoms with Crippen LogP contribution in [0.2, 0.25) is 0 Å². The summed E-state index contributed by atoms with van der Waals surface area (Å²) in [6, 6.07) is 10.1. The second-order valence-electron chi connectivity index (χ2n) is 5.28. The number of nitrogens with zero attached hydrogens (tertiary/aromatic N) is 2. The van der Waals surface area contributed by atoms with E-state index >= 15 is 0 Å². The minimum atomic E-state index is -0.0613. The first kappa shape index (κ1) is 14.2. The van der Waals surface area contributed by atoms with Crippen LogP contribution in [0.4, 0.5) is 0 Å². The van der Waals surface area contributed by atoms with Crippen LogP contribution < -0.4 is 5.32 Å². The first-order valence-corrected chi connectivity index (χ1v) is 7.61. The van der Waals surface area contributed by atoms with Crippen molar-refractivity contribution in [1.29, 1.82) is 0 Å². The van der Waals surface area contributed by atoms with Crippen LogP contribution in [0.25, 0.3) is 0 Å². The fourth-order valence-corrected chi connectivity index (χ4v) is 2.55. The molecule has 2 unspecified atom stereocenters. The number of rotatable bonds is 6. The molecule has 2 aromatic rings. The molecule has 1 aliphatic heterocycles. The van der Waals surface area contributed by atoms with E-state index in [1.165, 1.54) is 0 Å². The Balaban J connectivity index is 1.82. The van der Waals surface area contributed by atoms with Gasteiger partial charge in [-0.3, -0.25) is 0 Å². The Morgan fingerprint density at radius 2 is 2.14 bits per heavy atom. The third-order valence-corrected chi connectivity index (χ3v) is 3.64. The van der Waals surface area contributed by atoms with Crippen LogP contribution in [0, 0.1) is 0 Å². The number of benzene rings is 1. The lowest BCUT2D eigenvalue weighted by molar-refractivity contribution is 0.0876. The summed E-state index contributed by atoms with van der Waals surface area (Å²) in [5.74, 6) is 1.21. The largest absolute Gasteiger partial charge is 0.420 e. The Morgan fingerprint density at radius 1 is 1.29 bits per heavy atom. The quantitative estimate of drug-likeness (QED) is 0.885. The molecule has 1 fully saturated rings. The van der Waals surface area contributed by atoms with Gasteiger partial charge >= 0.3 is 0 Å². The van der Waals surface area contributed by atoms with E-state index in [1.54, 1.807) is 0 Å². The Labute approximate surface area is 124 Å². The van der Waals surface area contributed by atoms with Gasteiger partial charge in [0.2, 0.25) is 11.8 Å². The van der Waals surface area contributed by atoms with Crippen molar-refractivity contribution in [2.75, 3.05) is 13.2 Å². The molecule has 1 N–H and O–H groups in total. The molecule has 2 atom stereocenters. The predicted octanol–water partition coefficient (Wildman–Crippen LogP) is 3.01. The molecule has 5 heteroatoms. The molecule has 1 saturated heterocycles.